The van der Waals surface area contributed by atoms with Gasteiger partial charge < -0.3 is 9.64 Å². The highest BCUT2D eigenvalue weighted by molar-refractivity contribution is 5.94. The van der Waals surface area contributed by atoms with Crippen molar-refractivity contribution in [3.63, 3.8) is 0 Å². The van der Waals surface area contributed by atoms with Crippen molar-refractivity contribution in [3.8, 4) is 17.0 Å². The third-order valence-electron chi connectivity index (χ3n) is 4.63. The molecule has 0 N–H and O–H groups in total. The number of para-hydroxylation sites is 1. The van der Waals surface area contributed by atoms with Crippen LogP contribution < -0.4 is 10.3 Å². The largest absolute Gasteiger partial charge is 0.496 e. The van der Waals surface area contributed by atoms with Crippen LogP contribution in [0.25, 0.3) is 11.3 Å². The van der Waals surface area contributed by atoms with E-state index >= 15 is 0 Å². The molecule has 0 aliphatic carbocycles. The van der Waals surface area contributed by atoms with Gasteiger partial charge in [0.2, 0.25) is 0 Å². The first-order chi connectivity index (χ1) is 13.2. The SMILES string of the molecule is COc1ccccc1-c1ccc(=O)n(C2CN(C(=O)c3ccncc3)C2)n1. The van der Waals surface area contributed by atoms with Gasteiger partial charge in [-0.2, -0.15) is 5.10 Å². The first-order valence-electron chi connectivity index (χ1n) is 8.60. The van der Waals surface area contributed by atoms with Crippen LogP contribution in [0.5, 0.6) is 5.75 Å². The van der Waals surface area contributed by atoms with Crippen molar-refractivity contribution in [2.75, 3.05) is 20.2 Å². The first-order valence-corrected chi connectivity index (χ1v) is 8.60. The molecule has 136 valence electrons. The summed E-state index contributed by atoms with van der Waals surface area (Å²) in [5.74, 6) is 0.626. The monoisotopic (exact) mass is 362 g/mol. The Bertz CT molecular complexity index is 1030. The van der Waals surface area contributed by atoms with Gasteiger partial charge >= 0.3 is 0 Å². The molecule has 1 fully saturated rings. The second-order valence-corrected chi connectivity index (χ2v) is 6.30. The zero-order chi connectivity index (χ0) is 18.8. The van der Waals surface area contributed by atoms with E-state index in [1.807, 2.05) is 24.3 Å². The van der Waals surface area contributed by atoms with E-state index in [9.17, 15) is 9.59 Å². The minimum absolute atomic E-state index is 0.0671. The summed E-state index contributed by atoms with van der Waals surface area (Å²) in [6.07, 6.45) is 3.18. The maximum atomic E-state index is 12.4. The molecule has 1 amide bonds. The molecule has 1 aliphatic heterocycles. The number of hydrogen-bond acceptors (Lipinski definition) is 5. The topological polar surface area (TPSA) is 77.3 Å². The molecule has 3 heterocycles. The molecular formula is C20H18N4O3. The Kier molecular flexibility index (Phi) is 4.42. The lowest BCUT2D eigenvalue weighted by atomic mass is 10.1. The van der Waals surface area contributed by atoms with Crippen molar-refractivity contribution in [1.82, 2.24) is 19.7 Å². The number of nitrogens with zero attached hydrogens (tertiary/aromatic N) is 4. The predicted octanol–water partition coefficient (Wildman–Crippen LogP) is 2.01. The number of ether oxygens (including phenoxy) is 1. The summed E-state index contributed by atoms with van der Waals surface area (Å²) in [7, 11) is 1.60. The Labute approximate surface area is 155 Å². The van der Waals surface area contributed by atoms with Gasteiger partial charge in [-0.1, -0.05) is 12.1 Å². The Morgan fingerprint density at radius 2 is 1.81 bits per heavy atom. The Balaban J connectivity index is 1.56. The van der Waals surface area contributed by atoms with Crippen LogP contribution in [0.3, 0.4) is 0 Å². The van der Waals surface area contributed by atoms with Crippen LogP contribution >= 0.6 is 0 Å². The van der Waals surface area contributed by atoms with Gasteiger partial charge in [-0.3, -0.25) is 14.6 Å². The van der Waals surface area contributed by atoms with Crippen LogP contribution in [-0.4, -0.2) is 45.8 Å². The number of benzene rings is 1. The first kappa shape index (κ1) is 17.0. The third-order valence-corrected chi connectivity index (χ3v) is 4.63. The van der Waals surface area contributed by atoms with Gasteiger partial charge in [0.15, 0.2) is 0 Å². The Hall–Kier alpha value is -3.48. The fourth-order valence-corrected chi connectivity index (χ4v) is 3.14. The zero-order valence-corrected chi connectivity index (χ0v) is 14.8. The number of amides is 1. The summed E-state index contributed by atoms with van der Waals surface area (Å²) >= 11 is 0. The summed E-state index contributed by atoms with van der Waals surface area (Å²) in [4.78, 5) is 30.3. The maximum absolute atomic E-state index is 12.4. The van der Waals surface area contributed by atoms with Crippen molar-refractivity contribution in [2.24, 2.45) is 0 Å². The molecule has 0 radical (unpaired) electrons. The predicted molar refractivity (Wildman–Crippen MR) is 99.7 cm³/mol. The van der Waals surface area contributed by atoms with Crippen molar-refractivity contribution < 1.29 is 9.53 Å². The molecule has 27 heavy (non-hydrogen) atoms. The molecule has 0 unspecified atom stereocenters. The number of pyridine rings is 1. The number of likely N-dealkylation sites (tertiary alicyclic amines) is 1. The molecule has 0 spiro atoms. The van der Waals surface area contributed by atoms with Crippen molar-refractivity contribution in [1.29, 1.82) is 0 Å². The van der Waals surface area contributed by atoms with E-state index in [1.54, 1.807) is 42.6 Å². The van der Waals surface area contributed by atoms with E-state index in [2.05, 4.69) is 10.1 Å². The average Bonchev–Trinajstić information content (AvgIpc) is 2.69. The maximum Gasteiger partial charge on any atom is 0.267 e. The smallest absolute Gasteiger partial charge is 0.267 e. The van der Waals surface area contributed by atoms with Gasteiger partial charge in [0.1, 0.15) is 5.75 Å². The van der Waals surface area contributed by atoms with Gasteiger partial charge in [0.25, 0.3) is 11.5 Å². The fourth-order valence-electron chi connectivity index (χ4n) is 3.14. The molecule has 0 atom stereocenters. The molecule has 7 heteroatoms. The number of carbonyl (C=O) groups is 1. The van der Waals surface area contributed by atoms with E-state index in [1.165, 1.54) is 10.7 Å². The highest BCUT2D eigenvalue weighted by Crippen LogP contribution is 2.28. The molecule has 0 bridgehead atoms. The highest BCUT2D eigenvalue weighted by Gasteiger charge is 2.33. The van der Waals surface area contributed by atoms with E-state index < -0.39 is 0 Å². The number of methoxy groups -OCH3 is 1. The third kappa shape index (κ3) is 3.19. The van der Waals surface area contributed by atoms with E-state index in [-0.39, 0.29) is 17.5 Å². The van der Waals surface area contributed by atoms with Crippen LogP contribution in [0, 0.1) is 0 Å². The Morgan fingerprint density at radius 3 is 2.56 bits per heavy atom. The second-order valence-electron chi connectivity index (χ2n) is 6.30. The summed E-state index contributed by atoms with van der Waals surface area (Å²) in [5.41, 5.74) is 1.88. The number of aromatic nitrogens is 3. The van der Waals surface area contributed by atoms with Gasteiger partial charge in [-0.05, 0) is 30.3 Å². The molecular weight excluding hydrogens is 344 g/mol. The van der Waals surface area contributed by atoms with Crippen LogP contribution in [0.15, 0.2) is 65.7 Å². The molecule has 1 saturated heterocycles. The average molecular weight is 362 g/mol. The van der Waals surface area contributed by atoms with Crippen LogP contribution in [-0.2, 0) is 0 Å². The molecule has 2 aromatic heterocycles. The fraction of sp³-hybridized carbons (Fsp3) is 0.200. The normalized spacial score (nSPS) is 13.9. The molecule has 1 aromatic carbocycles. The highest BCUT2D eigenvalue weighted by atomic mass is 16.5. The van der Waals surface area contributed by atoms with Gasteiger partial charge in [-0.25, -0.2) is 4.68 Å². The van der Waals surface area contributed by atoms with E-state index in [0.29, 0.717) is 30.1 Å². The number of hydrogen-bond donors (Lipinski definition) is 0. The van der Waals surface area contributed by atoms with Crippen LogP contribution in [0.4, 0.5) is 0 Å². The molecule has 4 rings (SSSR count). The van der Waals surface area contributed by atoms with Crippen LogP contribution in [0.1, 0.15) is 16.4 Å². The van der Waals surface area contributed by atoms with Gasteiger partial charge in [0.05, 0.1) is 18.8 Å². The van der Waals surface area contributed by atoms with E-state index in [4.69, 9.17) is 4.74 Å². The summed E-state index contributed by atoms with van der Waals surface area (Å²) in [6, 6.07) is 13.9. The zero-order valence-electron chi connectivity index (χ0n) is 14.8. The summed E-state index contributed by atoms with van der Waals surface area (Å²) in [5, 5.41) is 4.52. The van der Waals surface area contributed by atoms with Gasteiger partial charge in [-0.15, -0.1) is 0 Å². The lowest BCUT2D eigenvalue weighted by molar-refractivity contribution is 0.0493. The van der Waals surface area contributed by atoms with Gasteiger partial charge in [0, 0.05) is 42.7 Å². The summed E-state index contributed by atoms with van der Waals surface area (Å²) < 4.78 is 6.84. The number of rotatable bonds is 4. The van der Waals surface area contributed by atoms with E-state index in [0.717, 1.165) is 5.56 Å². The Morgan fingerprint density at radius 1 is 1.07 bits per heavy atom. The van der Waals surface area contributed by atoms with Crippen molar-refractivity contribution in [2.45, 2.75) is 6.04 Å². The molecule has 7 nitrogen and oxygen atoms in total. The van der Waals surface area contributed by atoms with Crippen molar-refractivity contribution in [3.05, 3.63) is 76.8 Å². The molecule has 1 aliphatic rings. The summed E-state index contributed by atoms with van der Waals surface area (Å²) in [6.45, 7) is 0.896. The lowest BCUT2D eigenvalue weighted by Crippen LogP contribution is -2.53. The lowest BCUT2D eigenvalue weighted by Gasteiger charge is -2.39. The molecule has 0 saturated carbocycles. The molecule has 3 aromatic rings. The standard InChI is InChI=1S/C20H18N4O3/c1-27-18-5-3-2-4-16(18)17-6-7-19(25)24(22-17)15-12-23(13-15)20(26)14-8-10-21-11-9-14/h2-11,15H,12-13H2,1H3. The quantitative estimate of drug-likeness (QED) is 0.710. The van der Waals surface area contributed by atoms with Crippen molar-refractivity contribution >= 4 is 5.91 Å². The minimum Gasteiger partial charge on any atom is -0.496 e. The second kappa shape index (κ2) is 7.03. The van der Waals surface area contributed by atoms with Crippen LogP contribution in [0.2, 0.25) is 0 Å². The number of carbonyl (C=O) groups excluding carboxylic acids is 1. The minimum atomic E-state index is -0.186.